The zero-order valence-electron chi connectivity index (χ0n) is 10.5. The number of thiophene rings is 1. The predicted octanol–water partition coefficient (Wildman–Crippen LogP) is 1.98. The Bertz CT molecular complexity index is 483. The second-order valence-corrected chi connectivity index (χ2v) is 5.84. The van der Waals surface area contributed by atoms with Gasteiger partial charge in [0, 0.05) is 6.04 Å². The van der Waals surface area contributed by atoms with Gasteiger partial charge in [-0.15, -0.1) is 11.3 Å². The summed E-state index contributed by atoms with van der Waals surface area (Å²) < 4.78 is 0. The monoisotopic (exact) mass is 262 g/mol. The van der Waals surface area contributed by atoms with Gasteiger partial charge < -0.3 is 11.1 Å². The molecule has 0 bridgehead atoms. The fourth-order valence-electron chi connectivity index (χ4n) is 2.26. The van der Waals surface area contributed by atoms with Crippen molar-refractivity contribution in [1.82, 2.24) is 5.32 Å². The van der Waals surface area contributed by atoms with Crippen molar-refractivity contribution in [3.05, 3.63) is 21.9 Å². The van der Waals surface area contributed by atoms with Crippen LogP contribution in [0.25, 0.3) is 0 Å². The maximum absolute atomic E-state index is 12.0. The van der Waals surface area contributed by atoms with E-state index in [1.807, 2.05) is 12.1 Å². The van der Waals surface area contributed by atoms with Crippen molar-refractivity contribution in [2.45, 2.75) is 32.2 Å². The number of hydrogen-bond donors (Lipinski definition) is 2. The molecule has 1 aromatic heterocycles. The summed E-state index contributed by atoms with van der Waals surface area (Å²) in [6.45, 7) is 2.58. The molecule has 3 N–H and O–H groups in total. The van der Waals surface area contributed by atoms with E-state index in [9.17, 15) is 4.79 Å². The molecule has 2 atom stereocenters. The lowest BCUT2D eigenvalue weighted by Gasteiger charge is -2.11. The van der Waals surface area contributed by atoms with Gasteiger partial charge in [0.1, 0.15) is 0 Å². The van der Waals surface area contributed by atoms with Gasteiger partial charge >= 0.3 is 0 Å². The summed E-state index contributed by atoms with van der Waals surface area (Å²) in [6, 6.07) is 4.05. The Morgan fingerprint density at radius 1 is 1.56 bits per heavy atom. The van der Waals surface area contributed by atoms with Gasteiger partial charge in [0.15, 0.2) is 0 Å². The van der Waals surface area contributed by atoms with Crippen LogP contribution in [0.2, 0.25) is 0 Å². The first-order valence-corrected chi connectivity index (χ1v) is 7.10. The molecular weight excluding hydrogens is 244 g/mol. The highest BCUT2D eigenvalue weighted by molar-refractivity contribution is 7.14. The molecule has 1 aliphatic rings. The van der Waals surface area contributed by atoms with E-state index in [1.54, 1.807) is 0 Å². The average molecular weight is 262 g/mol. The molecule has 0 spiro atoms. The average Bonchev–Trinajstić information content (AvgIpc) is 2.96. The minimum absolute atomic E-state index is 0.0277. The van der Waals surface area contributed by atoms with Crippen molar-refractivity contribution in [2.75, 3.05) is 6.54 Å². The SMILES string of the molecule is CC1CCC(NC(=O)c2ccc(C#CCN)s2)C1. The molecule has 0 aromatic carbocycles. The van der Waals surface area contributed by atoms with Crippen LogP contribution in [0.5, 0.6) is 0 Å². The smallest absolute Gasteiger partial charge is 0.261 e. The standard InChI is InChI=1S/C14H18N2OS/c1-10-4-5-11(9-10)16-14(17)13-7-6-12(18-13)3-2-8-15/h6-7,10-11H,4-5,8-9,15H2,1H3,(H,16,17). The lowest BCUT2D eigenvalue weighted by atomic mass is 10.1. The van der Waals surface area contributed by atoms with Crippen LogP contribution in [0.4, 0.5) is 0 Å². The molecule has 1 amide bonds. The van der Waals surface area contributed by atoms with Crippen molar-refractivity contribution in [3.8, 4) is 11.8 Å². The van der Waals surface area contributed by atoms with E-state index in [0.717, 1.165) is 28.5 Å². The largest absolute Gasteiger partial charge is 0.349 e. The number of amides is 1. The van der Waals surface area contributed by atoms with Gasteiger partial charge in [-0.05, 0) is 37.3 Å². The second kappa shape index (κ2) is 6.03. The van der Waals surface area contributed by atoms with E-state index in [4.69, 9.17) is 5.73 Å². The minimum Gasteiger partial charge on any atom is -0.349 e. The Labute approximate surface area is 112 Å². The summed E-state index contributed by atoms with van der Waals surface area (Å²) in [7, 11) is 0. The third kappa shape index (κ3) is 3.34. The van der Waals surface area contributed by atoms with E-state index in [2.05, 4.69) is 24.1 Å². The Balaban J connectivity index is 1.94. The summed E-state index contributed by atoms with van der Waals surface area (Å²) in [6.07, 6.45) is 3.40. The normalized spacial score (nSPS) is 22.3. The molecule has 2 unspecified atom stereocenters. The van der Waals surface area contributed by atoms with Crippen molar-refractivity contribution in [1.29, 1.82) is 0 Å². The van der Waals surface area contributed by atoms with Gasteiger partial charge in [-0.25, -0.2) is 0 Å². The summed E-state index contributed by atoms with van der Waals surface area (Å²) in [4.78, 5) is 13.6. The highest BCUT2D eigenvalue weighted by atomic mass is 32.1. The van der Waals surface area contributed by atoms with Crippen LogP contribution in [0.1, 0.15) is 40.7 Å². The molecule has 1 heterocycles. The maximum Gasteiger partial charge on any atom is 0.261 e. The summed E-state index contributed by atoms with van der Waals surface area (Å²) in [5, 5.41) is 3.09. The first-order valence-electron chi connectivity index (χ1n) is 6.28. The van der Waals surface area contributed by atoms with E-state index in [-0.39, 0.29) is 5.91 Å². The number of hydrogen-bond acceptors (Lipinski definition) is 3. The molecule has 4 heteroatoms. The first-order chi connectivity index (χ1) is 8.69. The number of carbonyl (C=O) groups is 1. The molecule has 0 saturated heterocycles. The van der Waals surface area contributed by atoms with Crippen molar-refractivity contribution in [2.24, 2.45) is 11.7 Å². The number of nitrogens with two attached hydrogens (primary N) is 1. The Hall–Kier alpha value is -1.31. The fraction of sp³-hybridized carbons (Fsp3) is 0.500. The van der Waals surface area contributed by atoms with Crippen LogP contribution < -0.4 is 11.1 Å². The fourth-order valence-corrected chi connectivity index (χ4v) is 3.04. The topological polar surface area (TPSA) is 55.1 Å². The predicted molar refractivity (Wildman–Crippen MR) is 74.5 cm³/mol. The highest BCUT2D eigenvalue weighted by Crippen LogP contribution is 2.25. The van der Waals surface area contributed by atoms with E-state index < -0.39 is 0 Å². The number of carbonyl (C=O) groups excluding carboxylic acids is 1. The lowest BCUT2D eigenvalue weighted by Crippen LogP contribution is -2.32. The highest BCUT2D eigenvalue weighted by Gasteiger charge is 2.23. The van der Waals surface area contributed by atoms with Crippen LogP contribution in [0, 0.1) is 17.8 Å². The third-order valence-corrected chi connectivity index (χ3v) is 4.17. The van der Waals surface area contributed by atoms with Crippen LogP contribution >= 0.6 is 11.3 Å². The molecule has 0 radical (unpaired) electrons. The van der Waals surface area contributed by atoms with Gasteiger partial charge in [0.05, 0.1) is 16.3 Å². The first kappa shape index (κ1) is 13.1. The van der Waals surface area contributed by atoms with Crippen molar-refractivity contribution < 1.29 is 4.79 Å². The Morgan fingerprint density at radius 3 is 3.06 bits per heavy atom. The van der Waals surface area contributed by atoms with Crippen LogP contribution in [0.15, 0.2) is 12.1 Å². The van der Waals surface area contributed by atoms with Gasteiger partial charge in [0.25, 0.3) is 5.91 Å². The molecule has 1 fully saturated rings. The van der Waals surface area contributed by atoms with Gasteiger partial charge in [-0.3, -0.25) is 4.79 Å². The molecule has 1 aliphatic carbocycles. The van der Waals surface area contributed by atoms with Gasteiger partial charge in [-0.2, -0.15) is 0 Å². The molecule has 1 aromatic rings. The Morgan fingerprint density at radius 2 is 2.39 bits per heavy atom. The van der Waals surface area contributed by atoms with Crippen LogP contribution in [0.3, 0.4) is 0 Å². The number of rotatable bonds is 2. The van der Waals surface area contributed by atoms with Crippen LogP contribution in [-0.4, -0.2) is 18.5 Å². The summed E-state index contributed by atoms with van der Waals surface area (Å²) >= 11 is 1.42. The summed E-state index contributed by atoms with van der Waals surface area (Å²) in [5.41, 5.74) is 5.32. The summed E-state index contributed by atoms with van der Waals surface area (Å²) in [5.74, 6) is 6.49. The van der Waals surface area contributed by atoms with E-state index >= 15 is 0 Å². The van der Waals surface area contributed by atoms with E-state index in [0.29, 0.717) is 12.6 Å². The molecule has 0 aliphatic heterocycles. The van der Waals surface area contributed by atoms with Gasteiger partial charge in [0.2, 0.25) is 0 Å². The lowest BCUT2D eigenvalue weighted by molar-refractivity contribution is 0.0941. The quantitative estimate of drug-likeness (QED) is 0.801. The molecular formula is C14H18N2OS. The molecule has 1 saturated carbocycles. The van der Waals surface area contributed by atoms with Crippen molar-refractivity contribution >= 4 is 17.2 Å². The maximum atomic E-state index is 12.0. The second-order valence-electron chi connectivity index (χ2n) is 4.76. The molecule has 96 valence electrons. The molecule has 3 nitrogen and oxygen atoms in total. The molecule has 2 rings (SSSR count). The zero-order chi connectivity index (χ0) is 13.0. The zero-order valence-corrected chi connectivity index (χ0v) is 11.3. The minimum atomic E-state index is 0.0277. The van der Waals surface area contributed by atoms with E-state index in [1.165, 1.54) is 17.8 Å². The van der Waals surface area contributed by atoms with Gasteiger partial charge in [-0.1, -0.05) is 18.8 Å². The van der Waals surface area contributed by atoms with Crippen LogP contribution in [-0.2, 0) is 0 Å². The third-order valence-electron chi connectivity index (χ3n) is 3.17. The van der Waals surface area contributed by atoms with Crippen molar-refractivity contribution in [3.63, 3.8) is 0 Å². The Kier molecular flexibility index (Phi) is 4.40. The molecule has 18 heavy (non-hydrogen) atoms. The number of nitrogens with one attached hydrogen (secondary N) is 1.